The molecule has 0 unspecified atom stereocenters. The largest absolute Gasteiger partial charge is 0.353 e. The van der Waals surface area contributed by atoms with Crippen molar-refractivity contribution in [2.75, 3.05) is 17.1 Å². The average molecular weight is 340 g/mol. The lowest BCUT2D eigenvalue weighted by Crippen LogP contribution is -2.37. The molecule has 1 rings (SSSR count). The molecule has 130 valence electrons. The Kier molecular flexibility index (Phi) is 7.06. The minimum absolute atomic E-state index is 0.0384. The highest BCUT2D eigenvalue weighted by atomic mass is 32.2. The summed E-state index contributed by atoms with van der Waals surface area (Å²) in [6.45, 7) is 8.32. The zero-order chi connectivity index (χ0) is 17.6. The average Bonchev–Trinajstić information content (AvgIpc) is 2.43. The molecule has 23 heavy (non-hydrogen) atoms. The van der Waals surface area contributed by atoms with E-state index in [-0.39, 0.29) is 11.9 Å². The Morgan fingerprint density at radius 1 is 1.17 bits per heavy atom. The molecule has 5 nitrogen and oxygen atoms in total. The van der Waals surface area contributed by atoms with Gasteiger partial charge in [-0.3, -0.25) is 9.10 Å². The molecule has 0 heterocycles. The fourth-order valence-corrected chi connectivity index (χ4v) is 3.04. The molecule has 0 aliphatic heterocycles. The van der Waals surface area contributed by atoms with Gasteiger partial charge in [-0.15, -0.1) is 0 Å². The normalized spacial score (nSPS) is 13.0. The molecule has 1 N–H and O–H groups in total. The maximum Gasteiger partial charge on any atom is 0.232 e. The van der Waals surface area contributed by atoms with Crippen LogP contribution in [-0.2, 0) is 14.8 Å². The van der Waals surface area contributed by atoms with E-state index in [1.807, 2.05) is 39.8 Å². The van der Waals surface area contributed by atoms with Crippen LogP contribution in [0.4, 0.5) is 5.69 Å². The third-order valence-electron chi connectivity index (χ3n) is 3.88. The van der Waals surface area contributed by atoms with Crippen LogP contribution in [-0.4, -0.2) is 33.2 Å². The van der Waals surface area contributed by atoms with Gasteiger partial charge in [0.15, 0.2) is 0 Å². The molecule has 1 atom stereocenters. The van der Waals surface area contributed by atoms with E-state index in [1.165, 1.54) is 10.6 Å². The van der Waals surface area contributed by atoms with Crippen molar-refractivity contribution in [2.45, 2.75) is 46.6 Å². The summed E-state index contributed by atoms with van der Waals surface area (Å²) < 4.78 is 25.3. The molecule has 1 aromatic carbocycles. The lowest BCUT2D eigenvalue weighted by molar-refractivity contribution is -0.122. The van der Waals surface area contributed by atoms with Gasteiger partial charge in [-0.25, -0.2) is 8.42 Å². The fourth-order valence-electron chi connectivity index (χ4n) is 2.07. The van der Waals surface area contributed by atoms with E-state index >= 15 is 0 Å². The molecule has 0 bridgehead atoms. The minimum Gasteiger partial charge on any atom is -0.353 e. The van der Waals surface area contributed by atoms with Crippen LogP contribution < -0.4 is 9.62 Å². The quantitative estimate of drug-likeness (QED) is 0.791. The van der Waals surface area contributed by atoms with Crippen LogP contribution in [0.3, 0.4) is 0 Å². The van der Waals surface area contributed by atoms with Crippen LogP contribution in [0.5, 0.6) is 0 Å². The second-order valence-electron chi connectivity index (χ2n) is 6.37. The Hall–Kier alpha value is -1.56. The highest BCUT2D eigenvalue weighted by Crippen LogP contribution is 2.18. The molecule has 0 aromatic heterocycles. The van der Waals surface area contributed by atoms with E-state index in [2.05, 4.69) is 5.32 Å². The van der Waals surface area contributed by atoms with Crippen molar-refractivity contribution in [3.63, 3.8) is 0 Å². The van der Waals surface area contributed by atoms with Gasteiger partial charge in [0.05, 0.1) is 11.9 Å². The van der Waals surface area contributed by atoms with Crippen LogP contribution in [0.25, 0.3) is 0 Å². The van der Waals surface area contributed by atoms with Crippen molar-refractivity contribution in [3.8, 4) is 0 Å². The Bertz CT molecular complexity index is 609. The summed E-state index contributed by atoms with van der Waals surface area (Å²) in [7, 11) is -3.36. The number of aryl methyl sites for hydroxylation is 1. The topological polar surface area (TPSA) is 66.5 Å². The first-order valence-corrected chi connectivity index (χ1v) is 9.80. The monoisotopic (exact) mass is 340 g/mol. The first-order valence-electron chi connectivity index (χ1n) is 7.95. The van der Waals surface area contributed by atoms with Gasteiger partial charge >= 0.3 is 0 Å². The standard InChI is InChI=1S/C17H28N2O3S/c1-13(2)15(4)18-17(20)7-6-12-19(23(5,21)22)16-10-8-14(3)9-11-16/h8-11,13,15H,6-7,12H2,1-5H3,(H,18,20)/t15-/m0/s1. The highest BCUT2D eigenvalue weighted by molar-refractivity contribution is 7.92. The van der Waals surface area contributed by atoms with Crippen molar-refractivity contribution < 1.29 is 13.2 Å². The second kappa shape index (κ2) is 8.34. The van der Waals surface area contributed by atoms with E-state index < -0.39 is 10.0 Å². The lowest BCUT2D eigenvalue weighted by Gasteiger charge is -2.23. The van der Waals surface area contributed by atoms with Crippen LogP contribution in [0, 0.1) is 12.8 Å². The summed E-state index contributed by atoms with van der Waals surface area (Å²) in [6.07, 6.45) is 1.99. The van der Waals surface area contributed by atoms with Gasteiger partial charge in [0.1, 0.15) is 0 Å². The summed E-state index contributed by atoms with van der Waals surface area (Å²) in [5.74, 6) is 0.336. The van der Waals surface area contributed by atoms with Crippen LogP contribution in [0.15, 0.2) is 24.3 Å². The zero-order valence-corrected chi connectivity index (χ0v) is 15.5. The number of benzene rings is 1. The highest BCUT2D eigenvalue weighted by Gasteiger charge is 2.18. The maximum absolute atomic E-state index is 12.0. The molecule has 0 radical (unpaired) electrons. The first kappa shape index (κ1) is 19.5. The van der Waals surface area contributed by atoms with Crippen molar-refractivity contribution in [1.82, 2.24) is 5.32 Å². The van der Waals surface area contributed by atoms with Crippen molar-refractivity contribution in [3.05, 3.63) is 29.8 Å². The summed E-state index contributed by atoms with van der Waals surface area (Å²) >= 11 is 0. The molecule has 1 aromatic rings. The number of anilines is 1. The number of rotatable bonds is 8. The van der Waals surface area contributed by atoms with Gasteiger partial charge in [-0.1, -0.05) is 31.5 Å². The van der Waals surface area contributed by atoms with Crippen LogP contribution in [0.1, 0.15) is 39.2 Å². The first-order chi connectivity index (χ1) is 10.6. The Labute approximate surface area is 140 Å². The molecule has 0 fully saturated rings. The van der Waals surface area contributed by atoms with E-state index in [0.29, 0.717) is 31.0 Å². The minimum atomic E-state index is -3.36. The molecule has 0 saturated carbocycles. The molecule has 6 heteroatoms. The Morgan fingerprint density at radius 3 is 2.22 bits per heavy atom. The SMILES string of the molecule is Cc1ccc(N(CCCC(=O)N[C@@H](C)C(C)C)S(C)(=O)=O)cc1. The van der Waals surface area contributed by atoms with Gasteiger partial charge in [0.25, 0.3) is 0 Å². The van der Waals surface area contributed by atoms with E-state index in [1.54, 1.807) is 12.1 Å². The summed E-state index contributed by atoms with van der Waals surface area (Å²) in [5.41, 5.74) is 1.71. The third kappa shape index (κ3) is 6.60. The Balaban J connectivity index is 2.63. The molecule has 0 aliphatic carbocycles. The number of nitrogens with zero attached hydrogens (tertiary/aromatic N) is 1. The van der Waals surface area contributed by atoms with Gasteiger partial charge in [0, 0.05) is 19.0 Å². The molecule has 0 spiro atoms. The number of hydrogen-bond donors (Lipinski definition) is 1. The molecular weight excluding hydrogens is 312 g/mol. The number of carbonyl (C=O) groups excluding carboxylic acids is 1. The Morgan fingerprint density at radius 2 is 1.74 bits per heavy atom. The maximum atomic E-state index is 12.0. The summed E-state index contributed by atoms with van der Waals surface area (Å²) in [4.78, 5) is 11.9. The molecule has 1 amide bonds. The van der Waals surface area contributed by atoms with Gasteiger partial charge in [-0.2, -0.15) is 0 Å². The third-order valence-corrected chi connectivity index (χ3v) is 5.07. The van der Waals surface area contributed by atoms with Gasteiger partial charge < -0.3 is 5.32 Å². The molecule has 0 aliphatic rings. The smallest absolute Gasteiger partial charge is 0.232 e. The second-order valence-corrected chi connectivity index (χ2v) is 8.28. The number of nitrogens with one attached hydrogen (secondary N) is 1. The number of amides is 1. The number of sulfonamides is 1. The fraction of sp³-hybridized carbons (Fsp3) is 0.588. The predicted molar refractivity (Wildman–Crippen MR) is 95.0 cm³/mol. The van der Waals surface area contributed by atoms with Crippen molar-refractivity contribution in [1.29, 1.82) is 0 Å². The van der Waals surface area contributed by atoms with Gasteiger partial charge in [-0.05, 0) is 38.3 Å². The van der Waals surface area contributed by atoms with E-state index in [0.717, 1.165) is 5.56 Å². The lowest BCUT2D eigenvalue weighted by atomic mass is 10.1. The number of carbonyl (C=O) groups is 1. The van der Waals surface area contributed by atoms with E-state index in [9.17, 15) is 13.2 Å². The summed E-state index contributed by atoms with van der Waals surface area (Å²) in [6, 6.07) is 7.45. The van der Waals surface area contributed by atoms with Crippen molar-refractivity contribution >= 4 is 21.6 Å². The van der Waals surface area contributed by atoms with Crippen LogP contribution in [0.2, 0.25) is 0 Å². The predicted octanol–water partition coefficient (Wildman–Crippen LogP) is 2.70. The van der Waals surface area contributed by atoms with E-state index in [4.69, 9.17) is 0 Å². The van der Waals surface area contributed by atoms with Crippen LogP contribution >= 0.6 is 0 Å². The zero-order valence-electron chi connectivity index (χ0n) is 14.7. The van der Waals surface area contributed by atoms with Crippen molar-refractivity contribution in [2.24, 2.45) is 5.92 Å². The molecule has 0 saturated heterocycles. The molecular formula is C17H28N2O3S. The summed E-state index contributed by atoms with van der Waals surface area (Å²) in [5, 5.41) is 2.93. The van der Waals surface area contributed by atoms with Gasteiger partial charge in [0.2, 0.25) is 15.9 Å². The number of hydrogen-bond acceptors (Lipinski definition) is 3.